The van der Waals surface area contributed by atoms with E-state index in [0.717, 1.165) is 18.1 Å². The van der Waals surface area contributed by atoms with Crippen molar-refractivity contribution in [1.29, 1.82) is 0 Å². The zero-order chi connectivity index (χ0) is 9.97. The van der Waals surface area contributed by atoms with Crippen LogP contribution in [0.5, 0.6) is 0 Å². The van der Waals surface area contributed by atoms with Crippen molar-refractivity contribution >= 4 is 17.3 Å². The van der Waals surface area contributed by atoms with Crippen LogP contribution in [-0.2, 0) is 0 Å². The minimum Gasteiger partial charge on any atom is -0.306 e. The van der Waals surface area contributed by atoms with Gasteiger partial charge in [0.15, 0.2) is 0 Å². The first kappa shape index (κ1) is 9.81. The molecule has 0 bridgehead atoms. The molecule has 76 valence electrons. The molecule has 0 N–H and O–H groups in total. The third-order valence-corrected chi connectivity index (χ3v) is 2.89. The summed E-state index contributed by atoms with van der Waals surface area (Å²) in [6.07, 6.45) is 2.56. The predicted octanol–water partition coefficient (Wildman–Crippen LogP) is 2.79. The van der Waals surface area contributed by atoms with Gasteiger partial charge >= 0.3 is 0 Å². The highest BCUT2D eigenvalue weighted by Crippen LogP contribution is 2.21. The molecule has 1 aromatic carbocycles. The van der Waals surface area contributed by atoms with Crippen LogP contribution in [0.4, 0.5) is 5.69 Å². The topological polar surface area (TPSA) is 6.48 Å². The molecule has 1 aromatic rings. The third-order valence-electron chi connectivity index (χ3n) is 2.64. The number of hydrogen-bond acceptors (Lipinski definition) is 2. The molecule has 0 aliphatic carbocycles. The minimum absolute atomic E-state index is 0.799. The average Bonchev–Trinajstić information content (AvgIpc) is 2.20. The van der Waals surface area contributed by atoms with E-state index >= 15 is 0 Å². The summed E-state index contributed by atoms with van der Waals surface area (Å²) in [5.41, 5.74) is 1.23. The summed E-state index contributed by atoms with van der Waals surface area (Å²) in [7, 11) is 2.13. The Bertz CT molecular complexity index is 297. The van der Waals surface area contributed by atoms with Crippen LogP contribution in [0, 0.1) is 0 Å². The Morgan fingerprint density at radius 1 is 1.07 bits per heavy atom. The lowest BCUT2D eigenvalue weighted by atomic mass is 10.2. The van der Waals surface area contributed by atoms with Crippen molar-refractivity contribution in [3.8, 4) is 0 Å². The van der Waals surface area contributed by atoms with Gasteiger partial charge < -0.3 is 5.01 Å². The van der Waals surface area contributed by atoms with E-state index < -0.39 is 0 Å². The molecule has 3 heteroatoms. The van der Waals surface area contributed by atoms with Crippen LogP contribution in [0.15, 0.2) is 24.3 Å². The van der Waals surface area contributed by atoms with E-state index in [4.69, 9.17) is 11.6 Å². The monoisotopic (exact) mass is 210 g/mol. The summed E-state index contributed by atoms with van der Waals surface area (Å²) in [6.45, 7) is 2.25. The van der Waals surface area contributed by atoms with Crippen molar-refractivity contribution in [3.63, 3.8) is 0 Å². The zero-order valence-electron chi connectivity index (χ0n) is 8.41. The van der Waals surface area contributed by atoms with Crippen LogP contribution in [0.1, 0.15) is 12.8 Å². The quantitative estimate of drug-likeness (QED) is 0.704. The summed E-state index contributed by atoms with van der Waals surface area (Å²) in [5.74, 6) is 0. The van der Waals surface area contributed by atoms with Gasteiger partial charge in [0.1, 0.15) is 0 Å². The number of halogens is 1. The van der Waals surface area contributed by atoms with Gasteiger partial charge in [0.05, 0.1) is 5.69 Å². The lowest BCUT2D eigenvalue weighted by Crippen LogP contribution is -2.44. The largest absolute Gasteiger partial charge is 0.306 e. The number of hydrazine groups is 1. The fourth-order valence-corrected chi connectivity index (χ4v) is 1.96. The van der Waals surface area contributed by atoms with Crippen molar-refractivity contribution in [1.82, 2.24) is 5.01 Å². The first-order valence-electron chi connectivity index (χ1n) is 5.01. The fraction of sp³-hybridized carbons (Fsp3) is 0.455. The summed E-state index contributed by atoms with van der Waals surface area (Å²) in [6, 6.07) is 8.03. The van der Waals surface area contributed by atoms with Crippen LogP contribution in [0.3, 0.4) is 0 Å². The highest BCUT2D eigenvalue weighted by molar-refractivity contribution is 6.30. The lowest BCUT2D eigenvalue weighted by molar-refractivity contribution is 0.259. The molecule has 0 unspecified atom stereocenters. The molecule has 2 nitrogen and oxygen atoms in total. The van der Waals surface area contributed by atoms with Crippen molar-refractivity contribution < 1.29 is 0 Å². The molecule has 1 aliphatic heterocycles. The summed E-state index contributed by atoms with van der Waals surface area (Å²) < 4.78 is 0. The van der Waals surface area contributed by atoms with Gasteiger partial charge in [-0.05, 0) is 37.1 Å². The number of nitrogens with zero attached hydrogens (tertiary/aromatic N) is 2. The fourth-order valence-electron chi connectivity index (χ4n) is 1.83. The van der Waals surface area contributed by atoms with Crippen LogP contribution in [-0.4, -0.2) is 25.1 Å². The Morgan fingerprint density at radius 2 is 1.71 bits per heavy atom. The van der Waals surface area contributed by atoms with Gasteiger partial charge in [0, 0.05) is 25.2 Å². The van der Waals surface area contributed by atoms with Gasteiger partial charge in [-0.2, -0.15) is 0 Å². The number of anilines is 1. The maximum atomic E-state index is 5.85. The molecular formula is C11H15ClN2. The van der Waals surface area contributed by atoms with Crippen molar-refractivity contribution in [2.45, 2.75) is 12.8 Å². The van der Waals surface area contributed by atoms with E-state index in [0.29, 0.717) is 0 Å². The molecule has 0 aromatic heterocycles. The minimum atomic E-state index is 0.799. The second kappa shape index (κ2) is 4.20. The molecule has 0 spiro atoms. The van der Waals surface area contributed by atoms with E-state index in [-0.39, 0.29) is 0 Å². The van der Waals surface area contributed by atoms with E-state index in [1.54, 1.807) is 0 Å². The standard InChI is InChI=1S/C11H15ClN2/c1-13-8-2-3-9-14(13)11-6-4-10(12)5-7-11/h4-7H,2-3,8-9H2,1H3. The van der Waals surface area contributed by atoms with E-state index in [2.05, 4.69) is 29.2 Å². The highest BCUT2D eigenvalue weighted by Gasteiger charge is 2.15. The molecule has 1 aliphatic rings. The van der Waals surface area contributed by atoms with Crippen LogP contribution in [0.25, 0.3) is 0 Å². The lowest BCUT2D eigenvalue weighted by Gasteiger charge is -2.37. The first-order valence-corrected chi connectivity index (χ1v) is 5.39. The molecule has 1 saturated heterocycles. The molecular weight excluding hydrogens is 196 g/mol. The third kappa shape index (κ3) is 2.02. The van der Waals surface area contributed by atoms with Crippen molar-refractivity contribution in [2.24, 2.45) is 0 Å². The van der Waals surface area contributed by atoms with Crippen LogP contribution >= 0.6 is 11.6 Å². The molecule has 14 heavy (non-hydrogen) atoms. The summed E-state index contributed by atoms with van der Waals surface area (Å²) in [5, 5.41) is 5.38. The summed E-state index contributed by atoms with van der Waals surface area (Å²) >= 11 is 5.85. The Balaban J connectivity index is 2.16. The Kier molecular flexibility index (Phi) is 2.94. The molecule has 0 saturated carbocycles. The second-order valence-corrected chi connectivity index (χ2v) is 4.12. The van der Waals surface area contributed by atoms with E-state index in [1.807, 2.05) is 12.1 Å². The molecule has 1 fully saturated rings. The first-order chi connectivity index (χ1) is 6.77. The zero-order valence-corrected chi connectivity index (χ0v) is 9.17. The Labute approximate surface area is 90.0 Å². The van der Waals surface area contributed by atoms with Gasteiger partial charge in [-0.25, -0.2) is 5.01 Å². The van der Waals surface area contributed by atoms with Gasteiger partial charge in [-0.1, -0.05) is 11.6 Å². The average molecular weight is 211 g/mol. The maximum Gasteiger partial charge on any atom is 0.0523 e. The van der Waals surface area contributed by atoms with Crippen LogP contribution in [0.2, 0.25) is 5.02 Å². The molecule has 0 amide bonds. The van der Waals surface area contributed by atoms with Gasteiger partial charge in [-0.15, -0.1) is 0 Å². The van der Waals surface area contributed by atoms with Gasteiger partial charge in [0.2, 0.25) is 0 Å². The molecule has 0 atom stereocenters. The Morgan fingerprint density at radius 3 is 2.36 bits per heavy atom. The second-order valence-electron chi connectivity index (χ2n) is 3.69. The van der Waals surface area contributed by atoms with Crippen LogP contribution < -0.4 is 5.01 Å². The van der Waals surface area contributed by atoms with Gasteiger partial charge in [0.25, 0.3) is 0 Å². The van der Waals surface area contributed by atoms with Crippen molar-refractivity contribution in [3.05, 3.63) is 29.3 Å². The summed E-state index contributed by atoms with van der Waals surface area (Å²) in [4.78, 5) is 0. The van der Waals surface area contributed by atoms with Gasteiger partial charge in [-0.3, -0.25) is 0 Å². The van der Waals surface area contributed by atoms with Crippen molar-refractivity contribution in [2.75, 3.05) is 25.1 Å². The molecule has 1 heterocycles. The maximum absolute atomic E-state index is 5.85. The normalized spacial score (nSPS) is 18.6. The number of benzene rings is 1. The number of hydrogen-bond donors (Lipinski definition) is 0. The SMILES string of the molecule is CN1CCCCN1c1ccc(Cl)cc1. The Hall–Kier alpha value is -0.730. The molecule has 2 rings (SSSR count). The number of rotatable bonds is 1. The smallest absolute Gasteiger partial charge is 0.0523 e. The van der Waals surface area contributed by atoms with E-state index in [9.17, 15) is 0 Å². The van der Waals surface area contributed by atoms with E-state index in [1.165, 1.54) is 18.5 Å². The predicted molar refractivity (Wildman–Crippen MR) is 60.7 cm³/mol. The molecule has 0 radical (unpaired) electrons. The highest BCUT2D eigenvalue weighted by atomic mass is 35.5.